The van der Waals surface area contributed by atoms with Gasteiger partial charge in [-0.3, -0.25) is 4.79 Å². The first-order valence-electron chi connectivity index (χ1n) is 11.0. The molecule has 0 saturated heterocycles. The molecule has 1 aromatic carbocycles. The lowest BCUT2D eigenvalue weighted by molar-refractivity contribution is 0.0996. The van der Waals surface area contributed by atoms with Gasteiger partial charge in [0.1, 0.15) is 0 Å². The summed E-state index contributed by atoms with van der Waals surface area (Å²) < 4.78 is 10.6. The highest BCUT2D eigenvalue weighted by atomic mass is 16.5. The van der Waals surface area contributed by atoms with Crippen LogP contribution in [0.1, 0.15) is 67.1 Å². The number of carbonyl (C=O) groups is 1. The van der Waals surface area contributed by atoms with Gasteiger partial charge in [0.25, 0.3) is 5.91 Å². The molecule has 0 atom stereocenters. The third-order valence-corrected chi connectivity index (χ3v) is 5.10. The second kappa shape index (κ2) is 11.7. The van der Waals surface area contributed by atoms with Gasteiger partial charge in [-0.1, -0.05) is 31.1 Å². The summed E-state index contributed by atoms with van der Waals surface area (Å²) in [5.74, 6) is 1.87. The number of aromatic nitrogens is 1. The van der Waals surface area contributed by atoms with Crippen LogP contribution in [-0.4, -0.2) is 23.6 Å². The number of anilines is 1. The zero-order valence-corrected chi connectivity index (χ0v) is 18.9. The van der Waals surface area contributed by atoms with E-state index in [4.69, 9.17) is 8.94 Å². The maximum Gasteiger partial charge on any atom is 0.291 e. The molecule has 170 valence electrons. The topological polar surface area (TPSA) is 105 Å². The number of nitrogens with one attached hydrogen (secondary N) is 3. The van der Waals surface area contributed by atoms with Crippen LogP contribution in [0.3, 0.4) is 0 Å². The summed E-state index contributed by atoms with van der Waals surface area (Å²) >= 11 is 0. The van der Waals surface area contributed by atoms with Crippen LogP contribution in [0.15, 0.2) is 62.7 Å². The van der Waals surface area contributed by atoms with Crippen molar-refractivity contribution in [1.82, 2.24) is 15.8 Å². The van der Waals surface area contributed by atoms with Crippen LogP contribution >= 0.6 is 0 Å². The Morgan fingerprint density at radius 2 is 1.94 bits per heavy atom. The monoisotopic (exact) mass is 437 g/mol. The number of hydrogen-bond donors (Lipinski definition) is 3. The normalized spacial score (nSPS) is 11.6. The average molecular weight is 438 g/mol. The number of amides is 1. The van der Waals surface area contributed by atoms with Gasteiger partial charge in [-0.2, -0.15) is 0 Å². The molecule has 3 aromatic rings. The van der Waals surface area contributed by atoms with Gasteiger partial charge in [0.2, 0.25) is 0 Å². The van der Waals surface area contributed by atoms with Crippen LogP contribution in [0.25, 0.3) is 0 Å². The van der Waals surface area contributed by atoms with Gasteiger partial charge in [-0.15, -0.1) is 0 Å². The Labute approximate surface area is 188 Å². The van der Waals surface area contributed by atoms with E-state index in [9.17, 15) is 4.79 Å². The molecule has 8 nitrogen and oxygen atoms in total. The van der Waals surface area contributed by atoms with E-state index in [0.29, 0.717) is 30.7 Å². The van der Waals surface area contributed by atoms with Crippen molar-refractivity contribution in [3.63, 3.8) is 0 Å². The molecule has 0 unspecified atom stereocenters. The van der Waals surface area contributed by atoms with Gasteiger partial charge in [-0.05, 0) is 49.6 Å². The Hall–Kier alpha value is -3.55. The molecule has 0 bridgehead atoms. The number of furan rings is 1. The standard InChI is InChI=1S/C24H31N5O3/c1-4-18(5-2)21-14-20(32-29-21)16-27-24(25-6-3)26-15-17-9-7-10-19(13-17)28-23(30)22-11-8-12-31-22/h7-14,18H,4-6,15-16H2,1-3H3,(H,28,30)(H2,25,26,27). The molecule has 0 saturated carbocycles. The van der Waals surface area contributed by atoms with Crippen LogP contribution in [0.2, 0.25) is 0 Å². The highest BCUT2D eigenvalue weighted by Gasteiger charge is 2.13. The molecule has 3 rings (SSSR count). The molecule has 0 spiro atoms. The van der Waals surface area contributed by atoms with Gasteiger partial charge in [0.15, 0.2) is 17.5 Å². The first-order chi connectivity index (χ1) is 15.6. The highest BCUT2D eigenvalue weighted by molar-refractivity contribution is 6.02. The van der Waals surface area contributed by atoms with Gasteiger partial charge in [0.05, 0.1) is 25.0 Å². The van der Waals surface area contributed by atoms with E-state index in [1.807, 2.05) is 37.3 Å². The Bertz CT molecular complexity index is 1010. The second-order valence-corrected chi connectivity index (χ2v) is 7.41. The summed E-state index contributed by atoms with van der Waals surface area (Å²) in [7, 11) is 0. The van der Waals surface area contributed by atoms with Gasteiger partial charge >= 0.3 is 0 Å². The van der Waals surface area contributed by atoms with E-state index < -0.39 is 0 Å². The van der Waals surface area contributed by atoms with Crippen molar-refractivity contribution in [2.75, 3.05) is 11.9 Å². The predicted octanol–water partition coefficient (Wildman–Crippen LogP) is 4.68. The molecule has 2 heterocycles. The fraction of sp³-hybridized carbons (Fsp3) is 0.375. The van der Waals surface area contributed by atoms with Crippen LogP contribution in [0.5, 0.6) is 0 Å². The van der Waals surface area contributed by atoms with Crippen LogP contribution in [0, 0.1) is 0 Å². The second-order valence-electron chi connectivity index (χ2n) is 7.41. The Morgan fingerprint density at radius 1 is 1.09 bits per heavy atom. The third kappa shape index (κ3) is 6.47. The summed E-state index contributed by atoms with van der Waals surface area (Å²) in [4.78, 5) is 16.8. The zero-order valence-electron chi connectivity index (χ0n) is 18.9. The zero-order chi connectivity index (χ0) is 22.8. The van der Waals surface area contributed by atoms with Crippen LogP contribution in [-0.2, 0) is 13.1 Å². The smallest absolute Gasteiger partial charge is 0.291 e. The van der Waals surface area contributed by atoms with Crippen molar-refractivity contribution in [1.29, 1.82) is 0 Å². The molecule has 0 aliphatic rings. The molecule has 8 heteroatoms. The number of guanidine groups is 1. The largest absolute Gasteiger partial charge is 0.459 e. The van der Waals surface area contributed by atoms with Crippen molar-refractivity contribution >= 4 is 17.6 Å². The molecule has 0 aliphatic carbocycles. The Kier molecular flexibility index (Phi) is 8.48. The molecule has 0 radical (unpaired) electrons. The average Bonchev–Trinajstić information content (AvgIpc) is 3.50. The van der Waals surface area contributed by atoms with E-state index in [2.05, 4.69) is 39.9 Å². The number of aliphatic imine (C=N–C) groups is 1. The first-order valence-corrected chi connectivity index (χ1v) is 11.0. The minimum atomic E-state index is -0.287. The van der Waals surface area contributed by atoms with Crippen molar-refractivity contribution in [2.24, 2.45) is 4.99 Å². The predicted molar refractivity (Wildman–Crippen MR) is 125 cm³/mol. The summed E-state index contributed by atoms with van der Waals surface area (Å²) in [6.07, 6.45) is 3.56. The quantitative estimate of drug-likeness (QED) is 0.314. The Balaban J connectivity index is 1.59. The Morgan fingerprint density at radius 3 is 2.66 bits per heavy atom. The number of benzene rings is 1. The van der Waals surface area contributed by atoms with Crippen molar-refractivity contribution in [2.45, 2.75) is 52.6 Å². The number of nitrogens with zero attached hydrogens (tertiary/aromatic N) is 2. The maximum absolute atomic E-state index is 12.2. The molecule has 2 aromatic heterocycles. The van der Waals surface area contributed by atoms with E-state index in [1.165, 1.54) is 6.26 Å². The fourth-order valence-electron chi connectivity index (χ4n) is 3.34. The molecule has 32 heavy (non-hydrogen) atoms. The minimum Gasteiger partial charge on any atom is -0.459 e. The fourth-order valence-corrected chi connectivity index (χ4v) is 3.34. The van der Waals surface area contributed by atoms with Crippen LogP contribution < -0.4 is 16.0 Å². The molecule has 1 amide bonds. The maximum atomic E-state index is 12.2. The summed E-state index contributed by atoms with van der Waals surface area (Å²) in [5, 5.41) is 13.6. The van der Waals surface area contributed by atoms with Crippen molar-refractivity contribution < 1.29 is 13.7 Å². The van der Waals surface area contributed by atoms with E-state index in [-0.39, 0.29) is 11.7 Å². The third-order valence-electron chi connectivity index (χ3n) is 5.10. The number of rotatable bonds is 10. The lowest BCUT2D eigenvalue weighted by Gasteiger charge is -2.10. The first kappa shape index (κ1) is 23.1. The molecular formula is C24H31N5O3. The van der Waals surface area contributed by atoms with Gasteiger partial charge in [-0.25, -0.2) is 4.99 Å². The van der Waals surface area contributed by atoms with Gasteiger partial charge < -0.3 is 24.9 Å². The van der Waals surface area contributed by atoms with E-state index >= 15 is 0 Å². The number of hydrogen-bond acceptors (Lipinski definition) is 5. The molecule has 3 N–H and O–H groups in total. The lowest BCUT2D eigenvalue weighted by atomic mass is 9.99. The molecular weight excluding hydrogens is 406 g/mol. The number of carbonyl (C=O) groups excluding carboxylic acids is 1. The summed E-state index contributed by atoms with van der Waals surface area (Å²) in [5.41, 5.74) is 2.66. The van der Waals surface area contributed by atoms with E-state index in [0.717, 1.165) is 36.4 Å². The van der Waals surface area contributed by atoms with Crippen LogP contribution in [0.4, 0.5) is 5.69 Å². The van der Waals surface area contributed by atoms with Gasteiger partial charge in [0, 0.05) is 24.2 Å². The highest BCUT2D eigenvalue weighted by Crippen LogP contribution is 2.22. The summed E-state index contributed by atoms with van der Waals surface area (Å²) in [6, 6.07) is 12.9. The molecule has 0 fully saturated rings. The van der Waals surface area contributed by atoms with Crippen molar-refractivity contribution in [3.8, 4) is 0 Å². The minimum absolute atomic E-state index is 0.270. The summed E-state index contributed by atoms with van der Waals surface area (Å²) in [6.45, 7) is 8.03. The lowest BCUT2D eigenvalue weighted by Crippen LogP contribution is -2.36. The van der Waals surface area contributed by atoms with E-state index in [1.54, 1.807) is 12.1 Å². The van der Waals surface area contributed by atoms with Crippen molar-refractivity contribution in [3.05, 3.63) is 71.5 Å². The SMILES string of the molecule is CCNC(=NCc1cccc(NC(=O)c2ccco2)c1)NCc1cc(C(CC)CC)no1. The molecule has 0 aliphatic heterocycles.